The van der Waals surface area contributed by atoms with Crippen molar-refractivity contribution in [3.8, 4) is 5.75 Å². The molecule has 2 aromatic rings. The fourth-order valence-electron chi connectivity index (χ4n) is 3.56. The molecule has 0 aliphatic carbocycles. The van der Waals surface area contributed by atoms with Crippen LogP contribution in [0.3, 0.4) is 0 Å². The first-order chi connectivity index (χ1) is 15.0. The maximum Gasteiger partial charge on any atom is 0.317 e. The number of nitrogens with zero attached hydrogens (tertiary/aromatic N) is 5. The second kappa shape index (κ2) is 9.51. The Morgan fingerprint density at radius 3 is 2.87 bits per heavy atom. The van der Waals surface area contributed by atoms with Crippen LogP contribution in [-0.2, 0) is 0 Å². The molecular formula is C22H27ClN6O2. The van der Waals surface area contributed by atoms with Gasteiger partial charge in [-0.2, -0.15) is 0 Å². The Kier molecular flexibility index (Phi) is 6.56. The molecule has 2 fully saturated rings. The number of para-hydroxylation sites is 1. The third-order valence-electron chi connectivity index (χ3n) is 5.41. The molecule has 0 spiro atoms. The number of urea groups is 1. The van der Waals surface area contributed by atoms with E-state index in [2.05, 4.69) is 32.1 Å². The monoisotopic (exact) mass is 442 g/mol. The number of rotatable bonds is 7. The van der Waals surface area contributed by atoms with Gasteiger partial charge in [0.2, 0.25) is 5.28 Å². The van der Waals surface area contributed by atoms with E-state index >= 15 is 0 Å². The molecule has 4 rings (SSSR count). The largest absolute Gasteiger partial charge is 0.484 e. The van der Waals surface area contributed by atoms with Gasteiger partial charge < -0.3 is 19.9 Å². The number of unbranched alkanes of at least 4 members (excludes halogenated alkanes) is 1. The summed E-state index contributed by atoms with van der Waals surface area (Å²) in [5, 5.41) is 3.29. The zero-order chi connectivity index (χ0) is 21.8. The number of aliphatic imine (C=N–C) groups is 1. The lowest BCUT2D eigenvalue weighted by Gasteiger charge is -2.44. The number of benzene rings is 1. The molecule has 3 heterocycles. The average Bonchev–Trinajstić information content (AvgIpc) is 2.68. The fourth-order valence-corrected chi connectivity index (χ4v) is 3.70. The summed E-state index contributed by atoms with van der Waals surface area (Å²) in [7, 11) is 0. The van der Waals surface area contributed by atoms with Crippen LogP contribution in [0.25, 0.3) is 0 Å². The summed E-state index contributed by atoms with van der Waals surface area (Å²) in [6.45, 7) is 6.70. The molecule has 8 nitrogen and oxygen atoms in total. The lowest BCUT2D eigenvalue weighted by Crippen LogP contribution is -2.65. The van der Waals surface area contributed by atoms with Crippen molar-refractivity contribution in [1.29, 1.82) is 0 Å². The SMILES string of the molecule is CCC/C=N\c1c(C)cccc1OC1CN(C(=O)NC2CN(c3ccnc(Cl)n3)C2)C1. The van der Waals surface area contributed by atoms with Gasteiger partial charge in [-0.25, -0.2) is 14.8 Å². The van der Waals surface area contributed by atoms with Crippen LogP contribution in [0.5, 0.6) is 5.75 Å². The molecule has 164 valence electrons. The highest BCUT2D eigenvalue weighted by molar-refractivity contribution is 6.28. The van der Waals surface area contributed by atoms with Gasteiger partial charge in [-0.15, -0.1) is 0 Å². The highest BCUT2D eigenvalue weighted by atomic mass is 35.5. The van der Waals surface area contributed by atoms with E-state index < -0.39 is 0 Å². The minimum absolute atomic E-state index is 0.0197. The Bertz CT molecular complexity index is 957. The highest BCUT2D eigenvalue weighted by Gasteiger charge is 2.36. The lowest BCUT2D eigenvalue weighted by molar-refractivity contribution is 0.0434. The molecular weight excluding hydrogens is 416 g/mol. The number of ether oxygens (including phenoxy) is 1. The molecule has 9 heteroatoms. The van der Waals surface area contributed by atoms with Crippen LogP contribution in [0.15, 0.2) is 35.5 Å². The number of carbonyl (C=O) groups is 1. The summed E-state index contributed by atoms with van der Waals surface area (Å²) in [4.78, 5) is 29.0. The maximum absolute atomic E-state index is 12.5. The van der Waals surface area contributed by atoms with E-state index in [-0.39, 0.29) is 23.5 Å². The van der Waals surface area contributed by atoms with Gasteiger partial charge in [0, 0.05) is 25.5 Å². The molecule has 1 aromatic heterocycles. The smallest absolute Gasteiger partial charge is 0.317 e. The van der Waals surface area contributed by atoms with Gasteiger partial charge >= 0.3 is 6.03 Å². The van der Waals surface area contributed by atoms with Gasteiger partial charge in [0.05, 0.1) is 19.1 Å². The van der Waals surface area contributed by atoms with E-state index in [0.29, 0.717) is 26.2 Å². The summed E-state index contributed by atoms with van der Waals surface area (Å²) >= 11 is 5.84. The lowest BCUT2D eigenvalue weighted by atomic mass is 10.1. The number of aromatic nitrogens is 2. The number of likely N-dealkylation sites (tertiary alicyclic amines) is 1. The summed E-state index contributed by atoms with van der Waals surface area (Å²) in [6, 6.07) is 7.79. The van der Waals surface area contributed by atoms with E-state index in [1.54, 1.807) is 11.1 Å². The molecule has 0 saturated carbocycles. The fraction of sp³-hybridized carbons (Fsp3) is 0.455. The molecule has 0 unspecified atom stereocenters. The highest BCUT2D eigenvalue weighted by Crippen LogP contribution is 2.33. The van der Waals surface area contributed by atoms with Gasteiger partial charge in [0.25, 0.3) is 0 Å². The first-order valence-electron chi connectivity index (χ1n) is 10.6. The Morgan fingerprint density at radius 2 is 2.13 bits per heavy atom. The van der Waals surface area contributed by atoms with Crippen molar-refractivity contribution in [2.75, 3.05) is 31.1 Å². The predicted octanol–water partition coefficient (Wildman–Crippen LogP) is 3.60. The average molecular weight is 443 g/mol. The first-order valence-corrected chi connectivity index (χ1v) is 11.0. The molecule has 0 bridgehead atoms. The molecule has 0 atom stereocenters. The van der Waals surface area contributed by atoms with Crippen LogP contribution in [0, 0.1) is 6.92 Å². The normalized spacial score (nSPS) is 16.9. The van der Waals surface area contributed by atoms with Crippen molar-refractivity contribution >= 4 is 35.4 Å². The van der Waals surface area contributed by atoms with E-state index in [4.69, 9.17) is 16.3 Å². The predicted molar refractivity (Wildman–Crippen MR) is 122 cm³/mol. The number of nitrogens with one attached hydrogen (secondary N) is 1. The number of hydrogen-bond acceptors (Lipinski definition) is 6. The van der Waals surface area contributed by atoms with Crippen LogP contribution in [0.4, 0.5) is 16.3 Å². The number of halogens is 1. The van der Waals surface area contributed by atoms with Crippen LogP contribution >= 0.6 is 11.6 Å². The van der Waals surface area contributed by atoms with Gasteiger partial charge in [-0.05, 0) is 42.6 Å². The maximum atomic E-state index is 12.5. The van der Waals surface area contributed by atoms with Gasteiger partial charge in [-0.3, -0.25) is 4.99 Å². The molecule has 2 saturated heterocycles. The molecule has 2 aliphatic rings. The van der Waals surface area contributed by atoms with E-state index in [1.165, 1.54) is 0 Å². The second-order valence-corrected chi connectivity index (χ2v) is 8.24. The van der Waals surface area contributed by atoms with E-state index in [0.717, 1.165) is 35.7 Å². The van der Waals surface area contributed by atoms with Crippen molar-refractivity contribution in [2.45, 2.75) is 38.8 Å². The molecule has 2 aliphatic heterocycles. The van der Waals surface area contributed by atoms with Gasteiger partial charge in [0.1, 0.15) is 23.4 Å². The minimum atomic E-state index is -0.0596. The summed E-state index contributed by atoms with van der Waals surface area (Å²) in [5.41, 5.74) is 1.96. The van der Waals surface area contributed by atoms with Crippen molar-refractivity contribution < 1.29 is 9.53 Å². The molecule has 1 N–H and O–H groups in total. The Morgan fingerprint density at radius 1 is 1.32 bits per heavy atom. The third-order valence-corrected chi connectivity index (χ3v) is 5.59. The van der Waals surface area contributed by atoms with E-state index in [1.807, 2.05) is 37.4 Å². The van der Waals surface area contributed by atoms with Crippen LogP contribution in [0.2, 0.25) is 5.28 Å². The number of anilines is 1. The summed E-state index contributed by atoms with van der Waals surface area (Å²) < 4.78 is 6.13. The minimum Gasteiger partial charge on any atom is -0.484 e. The first kappa shape index (κ1) is 21.4. The summed E-state index contributed by atoms with van der Waals surface area (Å²) in [5.74, 6) is 1.55. The number of aryl methyl sites for hydroxylation is 1. The zero-order valence-electron chi connectivity index (χ0n) is 17.8. The zero-order valence-corrected chi connectivity index (χ0v) is 18.5. The Hall–Kier alpha value is -2.87. The van der Waals surface area contributed by atoms with Crippen molar-refractivity contribution in [3.63, 3.8) is 0 Å². The van der Waals surface area contributed by atoms with E-state index in [9.17, 15) is 4.79 Å². The van der Waals surface area contributed by atoms with Gasteiger partial charge in [0.15, 0.2) is 0 Å². The molecule has 31 heavy (non-hydrogen) atoms. The Balaban J connectivity index is 1.23. The quantitative estimate of drug-likeness (QED) is 0.523. The van der Waals surface area contributed by atoms with Gasteiger partial charge in [-0.1, -0.05) is 25.5 Å². The number of amides is 2. The Labute approximate surface area is 187 Å². The summed E-state index contributed by atoms with van der Waals surface area (Å²) in [6.07, 6.45) is 5.55. The second-order valence-electron chi connectivity index (χ2n) is 7.90. The van der Waals surface area contributed by atoms with Crippen molar-refractivity contribution in [1.82, 2.24) is 20.2 Å². The molecule has 0 radical (unpaired) electrons. The topological polar surface area (TPSA) is 83.0 Å². The van der Waals surface area contributed by atoms with Crippen molar-refractivity contribution in [3.05, 3.63) is 41.3 Å². The molecule has 2 amide bonds. The van der Waals surface area contributed by atoms with Crippen LogP contribution in [0.1, 0.15) is 25.3 Å². The number of hydrogen-bond donors (Lipinski definition) is 1. The van der Waals surface area contributed by atoms with Crippen molar-refractivity contribution in [2.24, 2.45) is 4.99 Å². The third kappa shape index (κ3) is 5.07. The standard InChI is InChI=1S/C22H27ClN6O2/c1-3-4-9-24-20-15(2)6-5-7-18(20)31-17-13-29(14-17)22(30)26-16-11-28(12-16)19-8-10-25-21(23)27-19/h5-10,16-17H,3-4,11-14H2,1-2H3,(H,26,30)/b24-9-. The molecule has 1 aromatic carbocycles. The van der Waals surface area contributed by atoms with Crippen LogP contribution < -0.4 is 15.0 Å². The van der Waals surface area contributed by atoms with Crippen LogP contribution in [-0.4, -0.2) is 65.4 Å². The number of carbonyl (C=O) groups excluding carboxylic acids is 1.